The van der Waals surface area contributed by atoms with E-state index in [0.717, 1.165) is 5.92 Å². The van der Waals surface area contributed by atoms with E-state index in [-0.39, 0.29) is 0 Å². The van der Waals surface area contributed by atoms with Crippen LogP contribution in [-0.2, 0) is 6.42 Å². The Balaban J connectivity index is 2.10. The molecule has 0 spiro atoms. The average Bonchev–Trinajstić information content (AvgIpc) is 1.99. The second-order valence-corrected chi connectivity index (χ2v) is 5.36. The summed E-state index contributed by atoms with van der Waals surface area (Å²) in [5.74, 6) is 0.830. The summed E-state index contributed by atoms with van der Waals surface area (Å²) < 4.78 is 0. The first kappa shape index (κ1) is 8.80. The SMILES string of the molecule is CC(C)(C)CC1Cc2ccccc21. The maximum Gasteiger partial charge on any atom is -0.0114 e. The van der Waals surface area contributed by atoms with Crippen LogP contribution in [0, 0.1) is 5.41 Å². The summed E-state index contributed by atoms with van der Waals surface area (Å²) in [7, 11) is 0. The minimum absolute atomic E-state index is 0.470. The van der Waals surface area contributed by atoms with Gasteiger partial charge in [-0.2, -0.15) is 0 Å². The molecule has 2 rings (SSSR count). The van der Waals surface area contributed by atoms with Crippen LogP contribution < -0.4 is 0 Å². The van der Waals surface area contributed by atoms with Crippen molar-refractivity contribution in [2.45, 2.75) is 39.5 Å². The summed E-state index contributed by atoms with van der Waals surface area (Å²) in [6.45, 7) is 6.98. The number of hydrogen-bond donors (Lipinski definition) is 0. The maximum absolute atomic E-state index is 2.33. The Kier molecular flexibility index (Phi) is 1.94. The van der Waals surface area contributed by atoms with Gasteiger partial charge in [-0.1, -0.05) is 45.0 Å². The van der Waals surface area contributed by atoms with Gasteiger partial charge in [0.05, 0.1) is 0 Å². The monoisotopic (exact) mass is 174 g/mol. The Morgan fingerprint density at radius 1 is 1.23 bits per heavy atom. The molecule has 0 saturated heterocycles. The first-order valence-corrected chi connectivity index (χ1v) is 5.14. The Bertz CT molecular complexity index is 304. The molecule has 0 amide bonds. The molecule has 0 bridgehead atoms. The van der Waals surface area contributed by atoms with Crippen LogP contribution in [0.5, 0.6) is 0 Å². The van der Waals surface area contributed by atoms with Crippen LogP contribution in [0.25, 0.3) is 0 Å². The number of fused-ring (bicyclic) bond motifs is 1. The first-order chi connectivity index (χ1) is 6.06. The lowest BCUT2D eigenvalue weighted by Gasteiger charge is -2.34. The van der Waals surface area contributed by atoms with Gasteiger partial charge in [-0.05, 0) is 35.3 Å². The van der Waals surface area contributed by atoms with Gasteiger partial charge in [-0.15, -0.1) is 0 Å². The van der Waals surface area contributed by atoms with E-state index >= 15 is 0 Å². The minimum atomic E-state index is 0.470. The second kappa shape index (κ2) is 2.87. The predicted molar refractivity (Wildman–Crippen MR) is 57.0 cm³/mol. The highest BCUT2D eigenvalue weighted by Crippen LogP contribution is 2.42. The zero-order chi connectivity index (χ0) is 9.47. The van der Waals surface area contributed by atoms with Gasteiger partial charge in [0.1, 0.15) is 0 Å². The van der Waals surface area contributed by atoms with Gasteiger partial charge in [0.15, 0.2) is 0 Å². The molecule has 0 N–H and O–H groups in total. The van der Waals surface area contributed by atoms with Crippen LogP contribution >= 0.6 is 0 Å². The van der Waals surface area contributed by atoms with Crippen molar-refractivity contribution >= 4 is 0 Å². The smallest absolute Gasteiger partial charge is 0.0114 e. The van der Waals surface area contributed by atoms with Crippen LogP contribution in [0.15, 0.2) is 24.3 Å². The Hall–Kier alpha value is -0.780. The summed E-state index contributed by atoms with van der Waals surface area (Å²) in [6.07, 6.45) is 2.62. The molecule has 1 aromatic rings. The summed E-state index contributed by atoms with van der Waals surface area (Å²) in [4.78, 5) is 0. The van der Waals surface area contributed by atoms with Gasteiger partial charge < -0.3 is 0 Å². The summed E-state index contributed by atoms with van der Waals surface area (Å²) >= 11 is 0. The lowest BCUT2D eigenvalue weighted by atomic mass is 9.70. The Morgan fingerprint density at radius 2 is 1.92 bits per heavy atom. The average molecular weight is 174 g/mol. The predicted octanol–water partition coefficient (Wildman–Crippen LogP) is 3.76. The van der Waals surface area contributed by atoms with Gasteiger partial charge in [-0.3, -0.25) is 0 Å². The van der Waals surface area contributed by atoms with Crippen molar-refractivity contribution in [2.24, 2.45) is 5.41 Å². The van der Waals surface area contributed by atoms with Crippen molar-refractivity contribution in [1.29, 1.82) is 0 Å². The highest BCUT2D eigenvalue weighted by Gasteiger charge is 2.28. The minimum Gasteiger partial charge on any atom is -0.0620 e. The number of rotatable bonds is 1. The zero-order valence-electron chi connectivity index (χ0n) is 8.80. The van der Waals surface area contributed by atoms with E-state index in [4.69, 9.17) is 0 Å². The molecule has 70 valence electrons. The van der Waals surface area contributed by atoms with Crippen LogP contribution in [0.3, 0.4) is 0 Å². The third-order valence-electron chi connectivity index (χ3n) is 2.82. The van der Waals surface area contributed by atoms with E-state index in [1.54, 1.807) is 11.1 Å². The van der Waals surface area contributed by atoms with Gasteiger partial charge in [0, 0.05) is 0 Å². The van der Waals surface area contributed by atoms with Crippen LogP contribution in [0.4, 0.5) is 0 Å². The van der Waals surface area contributed by atoms with Gasteiger partial charge in [0.25, 0.3) is 0 Å². The summed E-state index contributed by atoms with van der Waals surface area (Å²) in [6, 6.07) is 8.85. The Morgan fingerprint density at radius 3 is 2.54 bits per heavy atom. The second-order valence-electron chi connectivity index (χ2n) is 5.36. The molecule has 1 aliphatic rings. The van der Waals surface area contributed by atoms with Crippen LogP contribution in [0.1, 0.15) is 44.2 Å². The molecule has 0 heterocycles. The molecule has 1 aromatic carbocycles. The normalized spacial score (nSPS) is 20.7. The quantitative estimate of drug-likeness (QED) is 0.608. The van der Waals surface area contributed by atoms with E-state index in [1.165, 1.54) is 12.8 Å². The van der Waals surface area contributed by atoms with E-state index in [0.29, 0.717) is 5.41 Å². The highest BCUT2D eigenvalue weighted by atomic mass is 14.3. The molecule has 0 saturated carbocycles. The van der Waals surface area contributed by atoms with E-state index in [2.05, 4.69) is 45.0 Å². The van der Waals surface area contributed by atoms with Crippen molar-refractivity contribution in [1.82, 2.24) is 0 Å². The standard InChI is InChI=1S/C13H18/c1-13(2,3)9-11-8-10-6-4-5-7-12(10)11/h4-7,11H,8-9H2,1-3H3. The first-order valence-electron chi connectivity index (χ1n) is 5.14. The van der Waals surface area contributed by atoms with Gasteiger partial charge in [0.2, 0.25) is 0 Å². The fraction of sp³-hybridized carbons (Fsp3) is 0.538. The van der Waals surface area contributed by atoms with Crippen LogP contribution in [-0.4, -0.2) is 0 Å². The van der Waals surface area contributed by atoms with Crippen molar-refractivity contribution in [3.05, 3.63) is 35.4 Å². The number of hydrogen-bond acceptors (Lipinski definition) is 0. The molecule has 0 aliphatic heterocycles. The maximum atomic E-state index is 2.33. The molecule has 0 radical (unpaired) electrons. The van der Waals surface area contributed by atoms with Crippen molar-refractivity contribution < 1.29 is 0 Å². The van der Waals surface area contributed by atoms with Crippen molar-refractivity contribution in [3.63, 3.8) is 0 Å². The van der Waals surface area contributed by atoms with E-state index in [9.17, 15) is 0 Å². The fourth-order valence-electron chi connectivity index (χ4n) is 2.28. The largest absolute Gasteiger partial charge is 0.0620 e. The summed E-state index contributed by atoms with van der Waals surface area (Å²) in [5, 5.41) is 0. The zero-order valence-corrected chi connectivity index (χ0v) is 8.80. The molecule has 0 fully saturated rings. The lowest BCUT2D eigenvalue weighted by molar-refractivity contribution is 0.323. The molecule has 1 atom stereocenters. The fourth-order valence-corrected chi connectivity index (χ4v) is 2.28. The molecule has 1 aliphatic carbocycles. The third-order valence-corrected chi connectivity index (χ3v) is 2.82. The molecular formula is C13H18. The lowest BCUT2D eigenvalue weighted by Crippen LogP contribution is -2.22. The Labute approximate surface area is 81.0 Å². The van der Waals surface area contributed by atoms with Crippen LogP contribution in [0.2, 0.25) is 0 Å². The van der Waals surface area contributed by atoms with Crippen molar-refractivity contribution in [3.8, 4) is 0 Å². The highest BCUT2D eigenvalue weighted by molar-refractivity contribution is 5.39. The van der Waals surface area contributed by atoms with Gasteiger partial charge >= 0.3 is 0 Å². The topological polar surface area (TPSA) is 0 Å². The van der Waals surface area contributed by atoms with Gasteiger partial charge in [-0.25, -0.2) is 0 Å². The molecule has 13 heavy (non-hydrogen) atoms. The third kappa shape index (κ3) is 1.77. The molecule has 0 nitrogen and oxygen atoms in total. The van der Waals surface area contributed by atoms with Crippen molar-refractivity contribution in [2.75, 3.05) is 0 Å². The molecule has 1 unspecified atom stereocenters. The molecule has 0 aromatic heterocycles. The molecular weight excluding hydrogens is 156 g/mol. The van der Waals surface area contributed by atoms with E-state index in [1.807, 2.05) is 0 Å². The molecule has 0 heteroatoms. The number of benzene rings is 1. The summed E-state index contributed by atoms with van der Waals surface area (Å²) in [5.41, 5.74) is 3.63. The van der Waals surface area contributed by atoms with E-state index < -0.39 is 0 Å².